The molecule has 0 amide bonds. The number of hydrogen-bond acceptors (Lipinski definition) is 17. The van der Waals surface area contributed by atoms with Gasteiger partial charge in [0, 0.05) is 24.5 Å². The standard InChI is InChI=1S/C18H24BN4O19P3/c19-43(32,41-44(33,34)37-5-7-11(26)13(28)15(39-7)22-3-1-9(24)20-17(22)30)42-45(35,36)38-6-8-12(27)14(29)16(40-8)23-4-2-10(25)21-18(23)31/h1-4,7-8,11-16,26-29H,5-6H2,(H,33,34)(H,35,36)(H,20,24,30)(H,21,25,31)/q-1/t7-,8-,11-,12-,13-,14-,15-,16-/m1/s1. The fourth-order valence-electron chi connectivity index (χ4n) is 4.13. The van der Waals surface area contributed by atoms with Gasteiger partial charge in [0.05, 0.1) is 20.7 Å². The number of ether oxygens (including phenoxy) is 2. The summed E-state index contributed by atoms with van der Waals surface area (Å²) in [6.45, 7) is -2.15. The van der Waals surface area contributed by atoms with Crippen LogP contribution in [0.4, 0.5) is 0 Å². The average molecular weight is 704 g/mol. The molecule has 3 radical (unpaired) electrons. The molecule has 2 fully saturated rings. The Bertz CT molecular complexity index is 1650. The molecule has 2 aromatic heterocycles. The fourth-order valence-corrected chi connectivity index (χ4v) is 7.87. The van der Waals surface area contributed by atoms with Crippen LogP contribution in [-0.4, -0.2) is 107 Å². The Morgan fingerprint density at radius 3 is 1.40 bits per heavy atom. The van der Waals surface area contributed by atoms with E-state index in [1.807, 2.05) is 9.97 Å². The highest BCUT2D eigenvalue weighted by Gasteiger charge is 2.47. The maximum Gasteiger partial charge on any atom is 0.476 e. The molecule has 4 heterocycles. The van der Waals surface area contributed by atoms with E-state index in [1.54, 1.807) is 0 Å². The first-order valence-electron chi connectivity index (χ1n) is 12.2. The largest absolute Gasteiger partial charge is 0.476 e. The first-order chi connectivity index (χ1) is 20.8. The molecule has 23 nitrogen and oxygen atoms in total. The Kier molecular flexibility index (Phi) is 10.6. The molecule has 4 rings (SSSR count). The minimum Gasteiger partial charge on any atom is -0.442 e. The monoisotopic (exact) mass is 704 g/mol. The average Bonchev–Trinajstić information content (AvgIpc) is 3.35. The molecular weight excluding hydrogens is 680 g/mol. The third-order valence-corrected chi connectivity index (χ3v) is 10.6. The number of hydrogen-bond donors (Lipinski definition) is 8. The number of phosphoric acid groups is 2. The number of rotatable bonds is 12. The van der Waals surface area contributed by atoms with Crippen LogP contribution < -0.4 is 22.5 Å². The van der Waals surface area contributed by atoms with E-state index in [0.717, 1.165) is 24.5 Å². The summed E-state index contributed by atoms with van der Waals surface area (Å²) in [5.41, 5.74) is -3.59. The number of aliphatic hydroxyl groups is 4. The van der Waals surface area contributed by atoms with E-state index in [1.165, 1.54) is 0 Å². The van der Waals surface area contributed by atoms with Gasteiger partial charge in [-0.3, -0.25) is 37.7 Å². The summed E-state index contributed by atoms with van der Waals surface area (Å²) < 4.78 is 66.3. The Morgan fingerprint density at radius 2 is 1.07 bits per heavy atom. The van der Waals surface area contributed by atoms with Crippen LogP contribution in [0.25, 0.3) is 0 Å². The summed E-state index contributed by atoms with van der Waals surface area (Å²) >= 11 is 0. The fraction of sp³-hybridized carbons (Fsp3) is 0.556. The van der Waals surface area contributed by atoms with Crippen LogP contribution in [0, 0.1) is 0 Å². The van der Waals surface area contributed by atoms with Crippen molar-refractivity contribution in [2.75, 3.05) is 13.2 Å². The molecule has 45 heavy (non-hydrogen) atoms. The van der Waals surface area contributed by atoms with Gasteiger partial charge in [0.2, 0.25) is 0 Å². The number of aromatic nitrogens is 4. The Hall–Kier alpha value is -2.37. The molecule has 2 aliphatic rings. The van der Waals surface area contributed by atoms with Crippen LogP contribution in [0.1, 0.15) is 12.5 Å². The van der Waals surface area contributed by atoms with Gasteiger partial charge >= 0.3 is 27.0 Å². The maximum atomic E-state index is 12.4. The smallest absolute Gasteiger partial charge is 0.442 e. The molecule has 2 unspecified atom stereocenters. The van der Waals surface area contributed by atoms with Crippen molar-refractivity contribution in [3.63, 3.8) is 0 Å². The lowest BCUT2D eigenvalue weighted by Gasteiger charge is -2.29. The van der Waals surface area contributed by atoms with E-state index in [9.17, 15) is 63.1 Å². The summed E-state index contributed by atoms with van der Waals surface area (Å²) in [6.07, 6.45) is -11.8. The minimum absolute atomic E-state index is 0.699. The summed E-state index contributed by atoms with van der Waals surface area (Å²) in [6, 6.07) is 1.82. The van der Waals surface area contributed by atoms with Crippen molar-refractivity contribution >= 4 is 30.7 Å². The van der Waals surface area contributed by atoms with Gasteiger partial charge in [0.25, 0.3) is 11.1 Å². The van der Waals surface area contributed by atoms with Crippen LogP contribution in [0.15, 0.2) is 43.7 Å². The van der Waals surface area contributed by atoms with Crippen molar-refractivity contribution in [1.82, 2.24) is 19.1 Å². The lowest BCUT2D eigenvalue weighted by atomic mass is 10.1. The van der Waals surface area contributed by atoms with E-state index < -0.39 is 108 Å². The van der Waals surface area contributed by atoms with Crippen molar-refractivity contribution in [2.24, 2.45) is 0 Å². The van der Waals surface area contributed by atoms with E-state index in [4.69, 9.17) is 17.0 Å². The quantitative estimate of drug-likeness (QED) is 0.0768. The molecule has 10 atom stereocenters. The van der Waals surface area contributed by atoms with Crippen molar-refractivity contribution in [3.05, 3.63) is 66.2 Å². The molecule has 27 heteroatoms. The van der Waals surface area contributed by atoms with Crippen molar-refractivity contribution in [2.45, 2.75) is 49.1 Å². The highest BCUT2D eigenvalue weighted by molar-refractivity contribution is 7.86. The van der Waals surface area contributed by atoms with Crippen LogP contribution >= 0.6 is 23.1 Å². The predicted octanol–water partition coefficient (Wildman–Crippen LogP) is -4.13. The van der Waals surface area contributed by atoms with E-state index in [2.05, 4.69) is 17.7 Å². The Labute approximate surface area is 249 Å². The maximum absolute atomic E-state index is 12.4. The molecule has 0 saturated carbocycles. The summed E-state index contributed by atoms with van der Waals surface area (Å²) in [5.74, 6) is 0. The zero-order valence-electron chi connectivity index (χ0n) is 22.1. The van der Waals surface area contributed by atoms with Gasteiger partial charge in [-0.15, -0.1) is 0 Å². The van der Waals surface area contributed by atoms with Gasteiger partial charge in [-0.2, -0.15) is 0 Å². The van der Waals surface area contributed by atoms with Crippen LogP contribution in [0.2, 0.25) is 0 Å². The lowest BCUT2D eigenvalue weighted by molar-refractivity contribution is -0.0545. The summed E-state index contributed by atoms with van der Waals surface area (Å²) in [7, 11) is -11.5. The van der Waals surface area contributed by atoms with Gasteiger partial charge in [0.15, 0.2) is 12.5 Å². The topological polar surface area (TPSA) is 338 Å². The van der Waals surface area contributed by atoms with Crippen molar-refractivity contribution in [1.29, 1.82) is 0 Å². The van der Waals surface area contributed by atoms with Crippen LogP contribution in [0.5, 0.6) is 0 Å². The number of aromatic amines is 2. The van der Waals surface area contributed by atoms with E-state index in [-0.39, 0.29) is 0 Å². The Balaban J connectivity index is 1.31. The highest BCUT2D eigenvalue weighted by Crippen LogP contribution is 2.67. The molecule has 2 aromatic rings. The zero-order valence-corrected chi connectivity index (χ0v) is 24.8. The third-order valence-electron chi connectivity index (χ3n) is 6.16. The van der Waals surface area contributed by atoms with Gasteiger partial charge in [-0.25, -0.2) is 27.3 Å². The molecule has 8 N–H and O–H groups in total. The second-order valence-electron chi connectivity index (χ2n) is 9.36. The number of H-pyrrole nitrogens is 2. The number of aliphatic hydroxyl groups excluding tert-OH is 4. The van der Waals surface area contributed by atoms with Gasteiger partial charge in [0.1, 0.15) is 36.6 Å². The first-order valence-corrected chi connectivity index (χ1v) is 16.8. The van der Waals surface area contributed by atoms with E-state index >= 15 is 0 Å². The SMILES string of the molecule is [B-]P(=O)(OP(=O)(O)OC[C@H]1O[C@@H](n2ccc(=O)[nH]c2=O)[C@H](O)[C@@H]1O)OP(=O)(O)OC[C@H]1O[C@@H](n2ccc(=O)[nH]c2=O)[C@H](O)[C@@H]1O. The molecule has 2 aliphatic heterocycles. The molecular formula is C18H24BN4O19P3-. The number of nitrogens with zero attached hydrogens (tertiary/aromatic N) is 2. The van der Waals surface area contributed by atoms with Crippen LogP contribution in [0.3, 0.4) is 0 Å². The van der Waals surface area contributed by atoms with Crippen LogP contribution in [-0.2, 0) is 40.8 Å². The first kappa shape index (κ1) is 35.5. The van der Waals surface area contributed by atoms with Gasteiger partial charge in [-0.05, 0) is 0 Å². The summed E-state index contributed by atoms with van der Waals surface area (Å²) in [5, 5.41) is 40.8. The molecule has 2 saturated heterocycles. The highest BCUT2D eigenvalue weighted by atomic mass is 31.3. The number of nitrogens with one attached hydrogen (secondary N) is 2. The van der Waals surface area contributed by atoms with Gasteiger partial charge < -0.3 is 51.8 Å². The molecule has 249 valence electrons. The second-order valence-corrected chi connectivity index (χ2v) is 14.1. The molecule has 0 aliphatic carbocycles. The number of phosphoric ester groups is 2. The summed E-state index contributed by atoms with van der Waals surface area (Å²) in [4.78, 5) is 70.0. The molecule has 0 aromatic carbocycles. The predicted molar refractivity (Wildman–Crippen MR) is 142 cm³/mol. The third kappa shape index (κ3) is 8.52. The van der Waals surface area contributed by atoms with Crippen molar-refractivity contribution in [3.8, 4) is 0 Å². The lowest BCUT2D eigenvalue weighted by Crippen LogP contribution is -2.37. The second kappa shape index (κ2) is 13.4. The zero-order chi connectivity index (χ0) is 33.5. The molecule has 0 bridgehead atoms. The molecule has 0 spiro atoms. The van der Waals surface area contributed by atoms with Crippen molar-refractivity contribution < 1.29 is 71.1 Å². The minimum atomic E-state index is -5.56. The van der Waals surface area contributed by atoms with E-state index in [0.29, 0.717) is 9.13 Å². The normalized spacial score (nSPS) is 32.5. The van der Waals surface area contributed by atoms with Gasteiger partial charge in [-0.1, -0.05) is 0 Å². The Morgan fingerprint density at radius 1 is 0.711 bits per heavy atom.